The molecule has 3 N–H and O–H groups in total. The van der Waals surface area contributed by atoms with E-state index in [0.29, 0.717) is 23.5 Å². The second-order valence-corrected chi connectivity index (χ2v) is 7.22. The Bertz CT molecular complexity index is 743. The van der Waals surface area contributed by atoms with Gasteiger partial charge >= 0.3 is 0 Å². The number of benzene rings is 1. The average Bonchev–Trinajstić information content (AvgIpc) is 2.56. The molecule has 1 aromatic heterocycles. The number of aliphatic hydroxyl groups is 1. The molecule has 3 rings (SSSR count). The molecular weight excluding hydrogens is 316 g/mol. The van der Waals surface area contributed by atoms with Crippen LogP contribution in [0.5, 0.6) is 0 Å². The fraction of sp³-hybridized carbons (Fsp3) is 0.526. The third-order valence-electron chi connectivity index (χ3n) is 4.59. The number of amides is 1. The van der Waals surface area contributed by atoms with E-state index in [0.717, 1.165) is 30.2 Å². The van der Waals surface area contributed by atoms with Crippen LogP contribution in [-0.2, 0) is 0 Å². The van der Waals surface area contributed by atoms with Crippen LogP contribution in [0.1, 0.15) is 49.9 Å². The maximum Gasteiger partial charge on any atom is 0.251 e. The van der Waals surface area contributed by atoms with Crippen molar-refractivity contribution in [2.24, 2.45) is 5.92 Å². The Morgan fingerprint density at radius 2 is 2.16 bits per heavy atom. The van der Waals surface area contributed by atoms with Crippen molar-refractivity contribution >= 4 is 22.8 Å². The number of aromatic nitrogens is 2. The van der Waals surface area contributed by atoms with Crippen molar-refractivity contribution in [3.05, 3.63) is 30.0 Å². The molecule has 0 saturated heterocycles. The summed E-state index contributed by atoms with van der Waals surface area (Å²) in [5, 5.41) is 16.6. The van der Waals surface area contributed by atoms with Crippen LogP contribution in [0.15, 0.2) is 24.4 Å². The Morgan fingerprint density at radius 3 is 2.80 bits per heavy atom. The van der Waals surface area contributed by atoms with Crippen molar-refractivity contribution < 1.29 is 9.90 Å². The molecule has 6 heteroatoms. The Morgan fingerprint density at radius 1 is 1.36 bits per heavy atom. The van der Waals surface area contributed by atoms with Gasteiger partial charge in [-0.2, -0.15) is 0 Å². The van der Waals surface area contributed by atoms with Crippen molar-refractivity contribution in [2.75, 3.05) is 11.9 Å². The lowest BCUT2D eigenvalue weighted by Gasteiger charge is -2.26. The lowest BCUT2D eigenvalue weighted by molar-refractivity contribution is 0.0908. The molecule has 1 aromatic carbocycles. The summed E-state index contributed by atoms with van der Waals surface area (Å²) in [6, 6.07) is 5.63. The summed E-state index contributed by atoms with van der Waals surface area (Å²) >= 11 is 0. The maximum atomic E-state index is 12.5. The zero-order valence-electron chi connectivity index (χ0n) is 14.8. The van der Waals surface area contributed by atoms with Gasteiger partial charge in [-0.15, -0.1) is 0 Å². The van der Waals surface area contributed by atoms with Gasteiger partial charge in [-0.1, -0.05) is 19.9 Å². The van der Waals surface area contributed by atoms with Gasteiger partial charge in [0, 0.05) is 23.2 Å². The first-order valence-electron chi connectivity index (χ1n) is 9.00. The topological polar surface area (TPSA) is 87.1 Å². The summed E-state index contributed by atoms with van der Waals surface area (Å²) < 4.78 is 0. The summed E-state index contributed by atoms with van der Waals surface area (Å²) in [7, 11) is 0. The van der Waals surface area contributed by atoms with Gasteiger partial charge in [0.05, 0.1) is 18.2 Å². The number of carbonyl (C=O) groups is 1. The van der Waals surface area contributed by atoms with Crippen LogP contribution in [0.3, 0.4) is 0 Å². The number of nitrogens with zero attached hydrogens (tertiary/aromatic N) is 2. The van der Waals surface area contributed by atoms with E-state index in [4.69, 9.17) is 0 Å². The van der Waals surface area contributed by atoms with Gasteiger partial charge < -0.3 is 15.7 Å². The van der Waals surface area contributed by atoms with E-state index in [1.165, 1.54) is 6.42 Å². The molecule has 1 heterocycles. The highest BCUT2D eigenvalue weighted by molar-refractivity contribution is 5.97. The lowest BCUT2D eigenvalue weighted by atomic mass is 9.93. The van der Waals surface area contributed by atoms with E-state index in [9.17, 15) is 9.90 Å². The van der Waals surface area contributed by atoms with Crippen LogP contribution in [0.25, 0.3) is 10.9 Å². The van der Waals surface area contributed by atoms with E-state index in [-0.39, 0.29) is 18.6 Å². The van der Waals surface area contributed by atoms with Crippen LogP contribution in [0.2, 0.25) is 0 Å². The largest absolute Gasteiger partial charge is 0.394 e. The zero-order valence-corrected chi connectivity index (χ0v) is 14.8. The van der Waals surface area contributed by atoms with Crippen molar-refractivity contribution in [1.29, 1.82) is 0 Å². The molecule has 2 aromatic rings. The lowest BCUT2D eigenvalue weighted by Crippen LogP contribution is -2.38. The monoisotopic (exact) mass is 342 g/mol. The molecule has 1 atom stereocenters. The van der Waals surface area contributed by atoms with Crippen molar-refractivity contribution in [1.82, 2.24) is 15.3 Å². The van der Waals surface area contributed by atoms with Gasteiger partial charge in [0.25, 0.3) is 5.91 Å². The van der Waals surface area contributed by atoms with Gasteiger partial charge in [-0.05, 0) is 43.7 Å². The van der Waals surface area contributed by atoms with Gasteiger partial charge in [0.1, 0.15) is 0 Å². The van der Waals surface area contributed by atoms with Crippen LogP contribution in [0, 0.1) is 5.92 Å². The molecule has 25 heavy (non-hydrogen) atoms. The number of hydrogen-bond acceptors (Lipinski definition) is 5. The molecule has 1 aliphatic rings. The van der Waals surface area contributed by atoms with Crippen LogP contribution < -0.4 is 10.6 Å². The van der Waals surface area contributed by atoms with Gasteiger partial charge in [0.2, 0.25) is 5.95 Å². The first-order chi connectivity index (χ1) is 12.0. The third-order valence-corrected chi connectivity index (χ3v) is 4.59. The summed E-state index contributed by atoms with van der Waals surface area (Å²) in [5.74, 6) is 0.832. The van der Waals surface area contributed by atoms with Gasteiger partial charge in [-0.25, -0.2) is 9.97 Å². The molecule has 0 unspecified atom stereocenters. The molecule has 6 nitrogen and oxygen atoms in total. The third kappa shape index (κ3) is 4.45. The molecule has 0 aliphatic heterocycles. The SMILES string of the molecule is CC(C)C[C@@H](CO)NC(=O)c1ccc2cnc(NC3CCC3)nc2c1. The van der Waals surface area contributed by atoms with E-state index in [1.807, 2.05) is 6.07 Å². The molecule has 1 saturated carbocycles. The second-order valence-electron chi connectivity index (χ2n) is 7.22. The summed E-state index contributed by atoms with van der Waals surface area (Å²) in [6.07, 6.45) is 6.08. The fourth-order valence-corrected chi connectivity index (χ4v) is 2.99. The minimum absolute atomic E-state index is 0.0604. The van der Waals surface area contributed by atoms with Crippen LogP contribution in [0.4, 0.5) is 5.95 Å². The van der Waals surface area contributed by atoms with E-state index < -0.39 is 0 Å². The fourth-order valence-electron chi connectivity index (χ4n) is 2.99. The number of aliphatic hydroxyl groups excluding tert-OH is 1. The predicted molar refractivity (Wildman–Crippen MR) is 98.6 cm³/mol. The molecule has 1 aliphatic carbocycles. The normalized spacial score (nSPS) is 15.8. The minimum Gasteiger partial charge on any atom is -0.394 e. The smallest absolute Gasteiger partial charge is 0.251 e. The quantitative estimate of drug-likeness (QED) is 0.720. The number of rotatable bonds is 7. The second kappa shape index (κ2) is 7.78. The Kier molecular flexibility index (Phi) is 5.48. The standard InChI is InChI=1S/C19H26N4O2/c1-12(2)8-16(11-24)21-18(25)13-6-7-14-10-20-19(23-17(14)9-13)22-15-4-3-5-15/h6-7,9-10,12,15-16,24H,3-5,8,11H2,1-2H3,(H,21,25)(H,20,22,23)/t16-/m0/s1. The average molecular weight is 342 g/mol. The van der Waals surface area contributed by atoms with Crippen LogP contribution in [-0.4, -0.2) is 39.7 Å². The van der Waals surface area contributed by atoms with Crippen molar-refractivity contribution in [3.8, 4) is 0 Å². The van der Waals surface area contributed by atoms with Gasteiger partial charge in [0.15, 0.2) is 0 Å². The summed E-state index contributed by atoms with van der Waals surface area (Å²) in [6.45, 7) is 4.08. The number of nitrogens with one attached hydrogen (secondary N) is 2. The highest BCUT2D eigenvalue weighted by Gasteiger charge is 2.18. The van der Waals surface area contributed by atoms with E-state index in [1.54, 1.807) is 18.3 Å². The minimum atomic E-state index is -0.232. The summed E-state index contributed by atoms with van der Waals surface area (Å²) in [5.41, 5.74) is 1.29. The molecule has 1 fully saturated rings. The Balaban J connectivity index is 1.75. The van der Waals surface area contributed by atoms with Crippen LogP contribution >= 0.6 is 0 Å². The molecule has 0 spiro atoms. The number of hydrogen-bond donors (Lipinski definition) is 3. The predicted octanol–water partition coefficient (Wildman–Crippen LogP) is 2.73. The first-order valence-corrected chi connectivity index (χ1v) is 9.00. The summed E-state index contributed by atoms with van der Waals surface area (Å²) in [4.78, 5) is 21.4. The maximum absolute atomic E-state index is 12.5. The van der Waals surface area contributed by atoms with E-state index in [2.05, 4.69) is 34.4 Å². The molecular formula is C19H26N4O2. The first kappa shape index (κ1) is 17.6. The number of carbonyl (C=O) groups excluding carboxylic acids is 1. The Hall–Kier alpha value is -2.21. The Labute approximate surface area is 148 Å². The molecule has 0 bridgehead atoms. The van der Waals surface area contributed by atoms with Crippen molar-refractivity contribution in [3.63, 3.8) is 0 Å². The highest BCUT2D eigenvalue weighted by Crippen LogP contribution is 2.22. The molecule has 134 valence electrons. The van der Waals surface area contributed by atoms with Gasteiger partial charge in [-0.3, -0.25) is 4.79 Å². The number of anilines is 1. The van der Waals surface area contributed by atoms with Crippen molar-refractivity contribution in [2.45, 2.75) is 51.6 Å². The molecule has 1 amide bonds. The zero-order chi connectivity index (χ0) is 17.8. The van der Waals surface area contributed by atoms with E-state index >= 15 is 0 Å². The molecule has 0 radical (unpaired) electrons. The number of fused-ring (bicyclic) bond motifs is 1. The highest BCUT2D eigenvalue weighted by atomic mass is 16.3.